The molecule has 0 amide bonds. The van der Waals surface area contributed by atoms with Gasteiger partial charge in [0.1, 0.15) is 22.7 Å². The minimum absolute atomic E-state index is 0.438. The Labute approximate surface area is 175 Å². The maximum Gasteiger partial charge on any atom is 0.134 e. The number of ether oxygens (including phenoxy) is 1. The third-order valence-electron chi connectivity index (χ3n) is 4.15. The Morgan fingerprint density at radius 3 is 2.57 bits per heavy atom. The Morgan fingerprint density at radius 2 is 1.86 bits per heavy atom. The van der Waals surface area contributed by atoms with Crippen molar-refractivity contribution >= 4 is 35.4 Å². The predicted molar refractivity (Wildman–Crippen MR) is 116 cm³/mol. The number of aryl methyl sites for hydroxylation is 2. The van der Waals surface area contributed by atoms with Crippen LogP contribution in [0.4, 0.5) is 0 Å². The summed E-state index contributed by atoms with van der Waals surface area (Å²) in [5.41, 5.74) is 3.87. The fourth-order valence-corrected chi connectivity index (χ4v) is 3.05. The largest absolute Gasteiger partial charge is 0.488 e. The molecule has 0 aliphatic heterocycles. The maximum atomic E-state index is 6.24. The highest BCUT2D eigenvalue weighted by Crippen LogP contribution is 2.22. The average molecular weight is 414 g/mol. The molecule has 0 bridgehead atoms. The minimum atomic E-state index is 0.438. The molecule has 144 valence electrons. The van der Waals surface area contributed by atoms with Gasteiger partial charge in [0.25, 0.3) is 0 Å². The average Bonchev–Trinajstić information content (AvgIpc) is 2.94. The normalized spacial score (nSPS) is 11.6. The molecule has 0 fully saturated rings. The molecule has 0 spiro atoms. The maximum absolute atomic E-state index is 6.24. The van der Waals surface area contributed by atoms with Gasteiger partial charge in [0.15, 0.2) is 0 Å². The van der Waals surface area contributed by atoms with Crippen LogP contribution in [0.25, 0.3) is 12.2 Å². The number of nitrogens with zero attached hydrogens (tertiary/aromatic N) is 3. The summed E-state index contributed by atoms with van der Waals surface area (Å²) in [5, 5.41) is 5.43. The molecule has 3 rings (SSSR count). The van der Waals surface area contributed by atoms with E-state index in [0.717, 1.165) is 34.6 Å². The van der Waals surface area contributed by atoms with E-state index in [9.17, 15) is 0 Å². The number of hydrogen-bond acceptors (Lipinski definition) is 3. The van der Waals surface area contributed by atoms with E-state index in [1.54, 1.807) is 16.9 Å². The van der Waals surface area contributed by atoms with Crippen molar-refractivity contribution in [3.05, 3.63) is 87.4 Å². The van der Waals surface area contributed by atoms with Crippen molar-refractivity contribution in [1.29, 1.82) is 0 Å². The molecular weight excluding hydrogens is 393 g/mol. The number of rotatable bonds is 7. The Bertz CT molecular complexity index is 992. The van der Waals surface area contributed by atoms with Crippen LogP contribution in [0.1, 0.15) is 28.8 Å². The summed E-state index contributed by atoms with van der Waals surface area (Å²) in [5.74, 6) is 0.823. The van der Waals surface area contributed by atoms with Crippen molar-refractivity contribution in [1.82, 2.24) is 14.8 Å². The van der Waals surface area contributed by atoms with Gasteiger partial charge in [-0.2, -0.15) is 5.10 Å². The summed E-state index contributed by atoms with van der Waals surface area (Å²) in [6.07, 6.45) is 10.7. The monoisotopic (exact) mass is 413 g/mol. The first-order valence-electron chi connectivity index (χ1n) is 8.89. The third kappa shape index (κ3) is 5.24. The smallest absolute Gasteiger partial charge is 0.134 e. The van der Waals surface area contributed by atoms with Crippen LogP contribution in [0, 0.1) is 6.92 Å². The van der Waals surface area contributed by atoms with E-state index in [1.165, 1.54) is 0 Å². The Balaban J connectivity index is 1.61. The summed E-state index contributed by atoms with van der Waals surface area (Å²) in [4.78, 5) is 4.07. The number of halogens is 2. The van der Waals surface area contributed by atoms with Gasteiger partial charge >= 0.3 is 0 Å². The Morgan fingerprint density at radius 1 is 1.07 bits per heavy atom. The lowest BCUT2D eigenvalue weighted by Crippen LogP contribution is -1.97. The molecule has 0 saturated heterocycles. The van der Waals surface area contributed by atoms with E-state index in [4.69, 9.17) is 27.9 Å². The van der Waals surface area contributed by atoms with Crippen LogP contribution >= 0.6 is 23.2 Å². The van der Waals surface area contributed by atoms with E-state index in [2.05, 4.69) is 28.3 Å². The van der Waals surface area contributed by atoms with Crippen molar-refractivity contribution in [2.24, 2.45) is 7.05 Å². The highest BCUT2D eigenvalue weighted by Gasteiger charge is 2.07. The summed E-state index contributed by atoms with van der Waals surface area (Å²) in [6.45, 7) is 2.39. The number of pyridine rings is 1. The Hall–Kier alpha value is -2.56. The van der Waals surface area contributed by atoms with E-state index in [-0.39, 0.29) is 0 Å². The molecule has 0 aliphatic carbocycles. The number of aromatic nitrogens is 3. The van der Waals surface area contributed by atoms with E-state index >= 15 is 0 Å². The Kier molecular flexibility index (Phi) is 6.90. The highest BCUT2D eigenvalue weighted by atomic mass is 35.5. The molecule has 0 N–H and O–H groups in total. The van der Waals surface area contributed by atoms with Crippen molar-refractivity contribution in [3.8, 4) is 5.75 Å². The van der Waals surface area contributed by atoms with E-state index < -0.39 is 0 Å². The second-order valence-electron chi connectivity index (χ2n) is 6.27. The lowest BCUT2D eigenvalue weighted by Gasteiger charge is -2.09. The standard InChI is InChI=1S/C22H21Cl2N3O/c1-16-19(22(24)27(2)26-16)10-5-3-4-8-18-9-6-7-11-20(18)28-15-17-12-13-21(23)25-14-17/h4-14H,3,15H2,1-2H3. The first-order chi connectivity index (χ1) is 13.5. The van der Waals surface area contributed by atoms with Crippen molar-refractivity contribution in [2.45, 2.75) is 20.0 Å². The second-order valence-corrected chi connectivity index (χ2v) is 7.01. The molecule has 0 saturated carbocycles. The van der Waals surface area contributed by atoms with Gasteiger partial charge < -0.3 is 4.74 Å². The zero-order valence-corrected chi connectivity index (χ0v) is 17.3. The minimum Gasteiger partial charge on any atom is -0.488 e. The lowest BCUT2D eigenvalue weighted by molar-refractivity contribution is 0.305. The summed E-state index contributed by atoms with van der Waals surface area (Å²) < 4.78 is 7.62. The van der Waals surface area contributed by atoms with Crippen molar-refractivity contribution < 1.29 is 4.74 Å². The van der Waals surface area contributed by atoms with Gasteiger partial charge in [-0.15, -0.1) is 0 Å². The predicted octanol–water partition coefficient (Wildman–Crippen LogP) is 6.13. The topological polar surface area (TPSA) is 39.9 Å². The zero-order chi connectivity index (χ0) is 19.9. The molecule has 1 aromatic carbocycles. The molecule has 2 aromatic heterocycles. The van der Waals surface area contributed by atoms with Crippen LogP contribution in [-0.2, 0) is 13.7 Å². The van der Waals surface area contributed by atoms with Gasteiger partial charge in [0.2, 0.25) is 0 Å². The van der Waals surface area contributed by atoms with E-state index in [1.807, 2.05) is 50.4 Å². The second kappa shape index (κ2) is 9.58. The van der Waals surface area contributed by atoms with Crippen molar-refractivity contribution in [2.75, 3.05) is 0 Å². The summed E-state index contributed by atoms with van der Waals surface area (Å²) in [6, 6.07) is 11.6. The first kappa shape index (κ1) is 20.2. The molecule has 0 atom stereocenters. The summed E-state index contributed by atoms with van der Waals surface area (Å²) >= 11 is 12.1. The van der Waals surface area contributed by atoms with E-state index in [0.29, 0.717) is 16.9 Å². The molecular formula is C22H21Cl2N3O. The molecule has 0 radical (unpaired) electrons. The fourth-order valence-electron chi connectivity index (χ4n) is 2.70. The van der Waals surface area contributed by atoms with Crippen LogP contribution < -0.4 is 4.74 Å². The third-order valence-corrected chi connectivity index (χ3v) is 4.82. The van der Waals surface area contributed by atoms with Crippen molar-refractivity contribution in [3.63, 3.8) is 0 Å². The number of para-hydroxylation sites is 1. The molecule has 6 heteroatoms. The number of hydrogen-bond donors (Lipinski definition) is 0. The molecule has 0 unspecified atom stereocenters. The number of allylic oxidation sites excluding steroid dienone is 2. The van der Waals surface area contributed by atoms with Gasteiger partial charge in [0, 0.05) is 29.9 Å². The van der Waals surface area contributed by atoms with Crippen LogP contribution in [0.2, 0.25) is 10.3 Å². The lowest BCUT2D eigenvalue weighted by atomic mass is 10.1. The molecule has 3 aromatic rings. The molecule has 4 nitrogen and oxygen atoms in total. The van der Waals surface area contributed by atoms with Gasteiger partial charge in [-0.1, -0.05) is 71.8 Å². The van der Waals surface area contributed by atoms with Crippen LogP contribution in [0.5, 0.6) is 5.75 Å². The fraction of sp³-hybridized carbons (Fsp3) is 0.182. The van der Waals surface area contributed by atoms with Crippen LogP contribution in [0.3, 0.4) is 0 Å². The summed E-state index contributed by atoms with van der Waals surface area (Å²) in [7, 11) is 1.84. The highest BCUT2D eigenvalue weighted by molar-refractivity contribution is 6.31. The molecule has 2 heterocycles. The molecule has 28 heavy (non-hydrogen) atoms. The van der Waals surface area contributed by atoms with Gasteiger partial charge in [-0.3, -0.25) is 4.68 Å². The SMILES string of the molecule is Cc1nn(C)c(Cl)c1C=CCC=Cc1ccccc1OCc1ccc(Cl)nc1. The van der Waals surface area contributed by atoms with Gasteiger partial charge in [0.05, 0.1) is 5.69 Å². The van der Waals surface area contributed by atoms with Crippen LogP contribution in [-0.4, -0.2) is 14.8 Å². The van der Waals surface area contributed by atoms with Gasteiger partial charge in [-0.25, -0.2) is 4.98 Å². The zero-order valence-electron chi connectivity index (χ0n) is 15.8. The number of benzene rings is 1. The molecule has 0 aliphatic rings. The first-order valence-corrected chi connectivity index (χ1v) is 9.64. The van der Waals surface area contributed by atoms with Gasteiger partial charge in [-0.05, 0) is 25.5 Å². The van der Waals surface area contributed by atoms with Crippen LogP contribution in [0.15, 0.2) is 54.7 Å². The quantitative estimate of drug-likeness (QED) is 0.437.